The van der Waals surface area contributed by atoms with Gasteiger partial charge >= 0.3 is 12.2 Å². The van der Waals surface area contributed by atoms with E-state index in [1.165, 1.54) is 15.6 Å². The number of alkyl halides is 3. The fourth-order valence-corrected chi connectivity index (χ4v) is 3.92. The molecule has 1 saturated heterocycles. The molecule has 1 aliphatic carbocycles. The van der Waals surface area contributed by atoms with Gasteiger partial charge in [0.15, 0.2) is 5.65 Å². The Bertz CT molecular complexity index is 1010. The van der Waals surface area contributed by atoms with Crippen molar-refractivity contribution in [3.8, 4) is 0 Å². The largest absolute Gasteiger partial charge is 0.408 e. The highest BCUT2D eigenvalue weighted by atomic mass is 19.4. The van der Waals surface area contributed by atoms with Crippen LogP contribution in [0.2, 0.25) is 0 Å². The molecule has 4 rings (SSSR count). The highest BCUT2D eigenvalue weighted by molar-refractivity contribution is 6.00. The van der Waals surface area contributed by atoms with E-state index in [1.807, 2.05) is 20.8 Å². The number of aromatic nitrogens is 3. The number of rotatable bonds is 6. The minimum absolute atomic E-state index is 0.0323. The molecule has 8 nitrogen and oxygen atoms in total. The minimum atomic E-state index is -4.52. The maximum Gasteiger partial charge on any atom is 0.408 e. The SMILES string of the molecule is CCc1cc(N2CCN(C(C)C)C2=O)nc2c(C(=O)NC(C3CC3)C(F)(F)F)cnn12. The van der Waals surface area contributed by atoms with Gasteiger partial charge in [-0.3, -0.25) is 9.69 Å². The summed E-state index contributed by atoms with van der Waals surface area (Å²) in [6.45, 7) is 6.72. The van der Waals surface area contributed by atoms with Gasteiger partial charge in [0, 0.05) is 30.9 Å². The quantitative estimate of drug-likeness (QED) is 0.752. The van der Waals surface area contributed by atoms with Crippen molar-refractivity contribution in [2.24, 2.45) is 5.92 Å². The Morgan fingerprint density at radius 1 is 1.29 bits per heavy atom. The lowest BCUT2D eigenvalue weighted by Gasteiger charge is -2.22. The van der Waals surface area contributed by atoms with Gasteiger partial charge in [0.2, 0.25) is 0 Å². The molecule has 2 aliphatic rings. The molecule has 0 radical (unpaired) electrons. The first kappa shape index (κ1) is 21.4. The fourth-order valence-electron chi connectivity index (χ4n) is 3.92. The van der Waals surface area contributed by atoms with E-state index in [9.17, 15) is 22.8 Å². The summed E-state index contributed by atoms with van der Waals surface area (Å²) in [5.74, 6) is -1.10. The van der Waals surface area contributed by atoms with Crippen molar-refractivity contribution in [1.29, 1.82) is 0 Å². The number of aryl methyl sites for hydroxylation is 1. The van der Waals surface area contributed by atoms with Crippen molar-refractivity contribution in [1.82, 2.24) is 24.8 Å². The van der Waals surface area contributed by atoms with Crippen LogP contribution in [-0.2, 0) is 6.42 Å². The lowest BCUT2D eigenvalue weighted by molar-refractivity contribution is -0.158. The van der Waals surface area contributed by atoms with Crippen LogP contribution in [0.25, 0.3) is 5.65 Å². The predicted octanol–water partition coefficient (Wildman–Crippen LogP) is 3.01. The van der Waals surface area contributed by atoms with Crippen LogP contribution in [0, 0.1) is 5.92 Å². The zero-order chi connectivity index (χ0) is 22.5. The molecule has 1 unspecified atom stereocenters. The molecule has 3 heterocycles. The molecule has 1 N–H and O–H groups in total. The summed E-state index contributed by atoms with van der Waals surface area (Å²) < 4.78 is 41.5. The van der Waals surface area contributed by atoms with Gasteiger partial charge in [-0.25, -0.2) is 14.3 Å². The molecule has 2 aromatic heterocycles. The molecular formula is C20H25F3N6O2. The van der Waals surface area contributed by atoms with Crippen molar-refractivity contribution >= 4 is 23.4 Å². The van der Waals surface area contributed by atoms with Crippen LogP contribution in [0.1, 0.15) is 49.7 Å². The van der Waals surface area contributed by atoms with Crippen molar-refractivity contribution in [2.45, 2.75) is 58.3 Å². The standard InChI is InChI=1S/C20H25F3N6O2/c1-4-13-9-15(28-8-7-27(11(2)3)19(28)31)25-17-14(10-24-29(13)17)18(30)26-16(12-5-6-12)20(21,22)23/h9-12,16H,4-8H2,1-3H3,(H,26,30). The maximum absolute atomic E-state index is 13.4. The predicted molar refractivity (Wildman–Crippen MR) is 107 cm³/mol. The molecule has 2 aromatic rings. The van der Waals surface area contributed by atoms with Crippen LogP contribution < -0.4 is 10.2 Å². The van der Waals surface area contributed by atoms with E-state index in [4.69, 9.17) is 0 Å². The Balaban J connectivity index is 1.69. The van der Waals surface area contributed by atoms with Crippen molar-refractivity contribution in [3.63, 3.8) is 0 Å². The summed E-state index contributed by atoms with van der Waals surface area (Å²) in [6, 6.07) is -0.315. The number of carbonyl (C=O) groups excluding carboxylic acids is 2. The zero-order valence-corrected chi connectivity index (χ0v) is 17.6. The van der Waals surface area contributed by atoms with Crippen molar-refractivity contribution in [2.75, 3.05) is 18.0 Å². The van der Waals surface area contributed by atoms with Gasteiger partial charge in [-0.1, -0.05) is 6.92 Å². The maximum atomic E-state index is 13.4. The average molecular weight is 438 g/mol. The number of nitrogens with one attached hydrogen (secondary N) is 1. The summed E-state index contributed by atoms with van der Waals surface area (Å²) in [5, 5.41) is 6.29. The molecule has 168 valence electrons. The number of halogens is 3. The summed E-state index contributed by atoms with van der Waals surface area (Å²) in [5.41, 5.74) is 0.794. The molecular weight excluding hydrogens is 413 g/mol. The molecule has 31 heavy (non-hydrogen) atoms. The molecule has 2 fully saturated rings. The highest BCUT2D eigenvalue weighted by Gasteiger charge is 2.50. The third kappa shape index (κ3) is 3.92. The molecule has 11 heteroatoms. The Labute approximate surface area is 177 Å². The number of fused-ring (bicyclic) bond motifs is 1. The molecule has 3 amide bonds. The second-order valence-electron chi connectivity index (χ2n) is 8.30. The number of hydrogen-bond donors (Lipinski definition) is 1. The number of hydrogen-bond acceptors (Lipinski definition) is 4. The molecule has 1 saturated carbocycles. The Hall–Kier alpha value is -2.85. The summed E-state index contributed by atoms with van der Waals surface area (Å²) in [7, 11) is 0. The topological polar surface area (TPSA) is 82.8 Å². The molecule has 1 atom stereocenters. The molecule has 0 bridgehead atoms. The monoisotopic (exact) mass is 438 g/mol. The average Bonchev–Trinajstić information content (AvgIpc) is 3.32. The van der Waals surface area contributed by atoms with Gasteiger partial charge < -0.3 is 10.2 Å². The highest BCUT2D eigenvalue weighted by Crippen LogP contribution is 2.40. The summed E-state index contributed by atoms with van der Waals surface area (Å²) in [4.78, 5) is 33.2. The number of nitrogens with zero attached hydrogens (tertiary/aromatic N) is 5. The number of anilines is 1. The minimum Gasteiger partial charge on any atom is -0.340 e. The van der Waals surface area contributed by atoms with Crippen LogP contribution in [0.3, 0.4) is 0 Å². The smallest absolute Gasteiger partial charge is 0.340 e. The van der Waals surface area contributed by atoms with Crippen LogP contribution >= 0.6 is 0 Å². The molecule has 0 aromatic carbocycles. The van der Waals surface area contributed by atoms with Gasteiger partial charge in [0.1, 0.15) is 17.4 Å². The first-order valence-electron chi connectivity index (χ1n) is 10.4. The molecule has 1 aliphatic heterocycles. The Morgan fingerprint density at radius 2 is 2.00 bits per heavy atom. The number of urea groups is 1. The summed E-state index contributed by atoms with van der Waals surface area (Å²) in [6.07, 6.45) is -1.88. The van der Waals surface area contributed by atoms with E-state index in [0.717, 1.165) is 0 Å². The van der Waals surface area contributed by atoms with Gasteiger partial charge in [-0.2, -0.15) is 18.3 Å². The third-order valence-corrected chi connectivity index (χ3v) is 5.81. The van der Waals surface area contributed by atoms with E-state index in [1.54, 1.807) is 11.0 Å². The summed E-state index contributed by atoms with van der Waals surface area (Å²) >= 11 is 0. The van der Waals surface area contributed by atoms with Gasteiger partial charge in [0.05, 0.1) is 6.20 Å². The van der Waals surface area contributed by atoms with Crippen LogP contribution in [-0.4, -0.2) is 62.8 Å². The molecule has 0 spiro atoms. The Kier molecular flexibility index (Phi) is 5.30. The zero-order valence-electron chi connectivity index (χ0n) is 17.6. The number of carbonyl (C=O) groups is 2. The first-order chi connectivity index (χ1) is 14.6. The first-order valence-corrected chi connectivity index (χ1v) is 10.4. The lowest BCUT2D eigenvalue weighted by Crippen LogP contribution is -2.46. The fraction of sp³-hybridized carbons (Fsp3) is 0.600. The van der Waals surface area contributed by atoms with Gasteiger partial charge in [-0.05, 0) is 39.0 Å². The van der Waals surface area contributed by atoms with Crippen LogP contribution in [0.15, 0.2) is 12.3 Å². The van der Waals surface area contributed by atoms with E-state index in [2.05, 4.69) is 15.4 Å². The van der Waals surface area contributed by atoms with Gasteiger partial charge in [-0.15, -0.1) is 0 Å². The van der Waals surface area contributed by atoms with Crippen molar-refractivity contribution < 1.29 is 22.8 Å². The third-order valence-electron chi connectivity index (χ3n) is 5.81. The van der Waals surface area contributed by atoms with E-state index in [0.29, 0.717) is 43.9 Å². The van der Waals surface area contributed by atoms with E-state index >= 15 is 0 Å². The Morgan fingerprint density at radius 3 is 2.55 bits per heavy atom. The lowest BCUT2D eigenvalue weighted by atomic mass is 10.1. The van der Waals surface area contributed by atoms with Crippen LogP contribution in [0.4, 0.5) is 23.8 Å². The van der Waals surface area contributed by atoms with Gasteiger partial charge in [0.25, 0.3) is 5.91 Å². The second kappa shape index (κ2) is 7.69. The normalized spacial score (nSPS) is 18.4. The van der Waals surface area contributed by atoms with Crippen molar-refractivity contribution in [3.05, 3.63) is 23.5 Å². The van der Waals surface area contributed by atoms with E-state index < -0.39 is 24.0 Å². The second-order valence-corrected chi connectivity index (χ2v) is 8.30. The number of amides is 3. The van der Waals surface area contributed by atoms with E-state index in [-0.39, 0.29) is 23.3 Å². The van der Waals surface area contributed by atoms with Crippen LogP contribution in [0.5, 0.6) is 0 Å².